The molecule has 20 heavy (non-hydrogen) atoms. The number of nitrogens with zero attached hydrogens (tertiary/aromatic N) is 1. The summed E-state index contributed by atoms with van der Waals surface area (Å²) in [6.07, 6.45) is 0. The maximum atomic E-state index is 11.6. The second-order valence-electron chi connectivity index (χ2n) is 6.58. The molecule has 2 atom stereocenters. The number of hydrogen-bond acceptors (Lipinski definition) is 2. The van der Waals surface area contributed by atoms with E-state index in [1.54, 1.807) is 0 Å². The summed E-state index contributed by atoms with van der Waals surface area (Å²) in [5.41, 5.74) is 2.31. The van der Waals surface area contributed by atoms with E-state index in [1.807, 2.05) is 12.1 Å². The van der Waals surface area contributed by atoms with Gasteiger partial charge in [-0.2, -0.15) is 0 Å². The molecule has 0 amide bonds. The van der Waals surface area contributed by atoms with Gasteiger partial charge in [-0.05, 0) is 44.9 Å². The molecule has 0 aromatic heterocycles. The zero-order valence-electron chi connectivity index (χ0n) is 12.5. The highest BCUT2D eigenvalue weighted by atomic mass is 79.9. The van der Waals surface area contributed by atoms with Gasteiger partial charge in [0.05, 0.1) is 5.92 Å². The van der Waals surface area contributed by atoms with E-state index in [0.717, 1.165) is 22.1 Å². The number of halogens is 1. The van der Waals surface area contributed by atoms with Crippen LogP contribution in [-0.2, 0) is 4.79 Å². The van der Waals surface area contributed by atoms with Crippen molar-refractivity contribution < 1.29 is 9.90 Å². The van der Waals surface area contributed by atoms with Crippen LogP contribution >= 0.6 is 15.9 Å². The average molecular weight is 340 g/mol. The number of rotatable bonds is 2. The van der Waals surface area contributed by atoms with Gasteiger partial charge in [0.15, 0.2) is 0 Å². The third-order valence-electron chi connectivity index (χ3n) is 4.29. The Morgan fingerprint density at radius 3 is 2.55 bits per heavy atom. The predicted octanol–water partition coefficient (Wildman–Crippen LogP) is 3.66. The van der Waals surface area contributed by atoms with Gasteiger partial charge in [-0.25, -0.2) is 0 Å². The van der Waals surface area contributed by atoms with E-state index in [2.05, 4.69) is 54.6 Å². The van der Waals surface area contributed by atoms with Crippen LogP contribution in [0.5, 0.6) is 0 Å². The predicted molar refractivity (Wildman–Crippen MR) is 84.1 cm³/mol. The van der Waals surface area contributed by atoms with Crippen molar-refractivity contribution in [3.63, 3.8) is 0 Å². The molecule has 1 saturated heterocycles. The van der Waals surface area contributed by atoms with E-state index >= 15 is 0 Å². The molecule has 1 aliphatic rings. The van der Waals surface area contributed by atoms with Gasteiger partial charge >= 0.3 is 5.97 Å². The highest BCUT2D eigenvalue weighted by Gasteiger charge is 2.42. The van der Waals surface area contributed by atoms with Crippen molar-refractivity contribution in [2.45, 2.75) is 39.2 Å². The van der Waals surface area contributed by atoms with E-state index in [9.17, 15) is 9.90 Å². The minimum absolute atomic E-state index is 0.00235. The van der Waals surface area contributed by atoms with E-state index < -0.39 is 5.97 Å². The van der Waals surface area contributed by atoms with Crippen molar-refractivity contribution in [3.8, 4) is 0 Å². The molecule has 1 heterocycles. The number of carbonyl (C=O) groups is 1. The molecular formula is C16H22BrNO2. The van der Waals surface area contributed by atoms with Crippen LogP contribution in [-0.4, -0.2) is 34.6 Å². The van der Waals surface area contributed by atoms with Crippen molar-refractivity contribution in [2.24, 2.45) is 5.92 Å². The van der Waals surface area contributed by atoms with Crippen LogP contribution in [0, 0.1) is 12.8 Å². The molecule has 4 heteroatoms. The Bertz CT molecular complexity index is 522. The number of likely N-dealkylation sites (tertiary alicyclic amines) is 1. The zero-order valence-corrected chi connectivity index (χ0v) is 14.1. The summed E-state index contributed by atoms with van der Waals surface area (Å²) in [5, 5.41) is 9.55. The number of carboxylic acids is 1. The van der Waals surface area contributed by atoms with E-state index in [-0.39, 0.29) is 17.4 Å². The Balaban J connectivity index is 2.38. The Labute approximate surface area is 129 Å². The minimum Gasteiger partial charge on any atom is -0.481 e. The first-order valence-corrected chi connectivity index (χ1v) is 7.74. The first-order chi connectivity index (χ1) is 9.21. The average Bonchev–Trinajstić information content (AvgIpc) is 2.77. The molecule has 110 valence electrons. The van der Waals surface area contributed by atoms with Crippen molar-refractivity contribution >= 4 is 21.9 Å². The molecule has 0 aliphatic carbocycles. The molecule has 1 N–H and O–H groups in total. The SMILES string of the molecule is Cc1c(Br)cccc1[C@H]1CN(C(C)(C)C)C[C@@H]1C(=O)O. The lowest BCUT2D eigenvalue weighted by molar-refractivity contribution is -0.141. The van der Waals surface area contributed by atoms with Crippen molar-refractivity contribution in [1.82, 2.24) is 4.90 Å². The fourth-order valence-corrected chi connectivity index (χ4v) is 3.32. The second-order valence-corrected chi connectivity index (χ2v) is 7.44. The Kier molecular flexibility index (Phi) is 4.26. The van der Waals surface area contributed by atoms with Crippen molar-refractivity contribution in [1.29, 1.82) is 0 Å². The summed E-state index contributed by atoms with van der Waals surface area (Å²) < 4.78 is 1.05. The first-order valence-electron chi connectivity index (χ1n) is 6.94. The van der Waals surface area contributed by atoms with E-state index in [4.69, 9.17) is 0 Å². The third kappa shape index (κ3) is 2.91. The number of benzene rings is 1. The molecule has 1 aromatic rings. The molecule has 0 spiro atoms. The molecular weight excluding hydrogens is 318 g/mol. The van der Waals surface area contributed by atoms with Crippen LogP contribution in [0.15, 0.2) is 22.7 Å². The summed E-state index contributed by atoms with van der Waals surface area (Å²) in [5.74, 6) is -0.965. The number of hydrogen-bond donors (Lipinski definition) is 1. The normalized spacial score (nSPS) is 24.1. The van der Waals surface area contributed by atoms with E-state index in [0.29, 0.717) is 6.54 Å². The zero-order chi connectivity index (χ0) is 15.1. The molecule has 3 nitrogen and oxygen atoms in total. The number of aliphatic carboxylic acids is 1. The summed E-state index contributed by atoms with van der Waals surface area (Å²) in [6.45, 7) is 9.90. The lowest BCUT2D eigenvalue weighted by atomic mass is 9.86. The van der Waals surface area contributed by atoms with Gasteiger partial charge < -0.3 is 5.11 Å². The van der Waals surface area contributed by atoms with Gasteiger partial charge in [-0.15, -0.1) is 0 Å². The van der Waals surface area contributed by atoms with Crippen LogP contribution in [0.25, 0.3) is 0 Å². The van der Waals surface area contributed by atoms with Crippen LogP contribution in [0.4, 0.5) is 0 Å². The standard InChI is InChI=1S/C16H22BrNO2/c1-10-11(6-5-7-14(10)17)12-8-18(16(2,3)4)9-13(12)15(19)20/h5-7,12-13H,8-9H2,1-4H3,(H,19,20)/t12-,13+/m1/s1. The van der Waals surface area contributed by atoms with Gasteiger partial charge in [0.25, 0.3) is 0 Å². The summed E-state index contributed by atoms with van der Waals surface area (Å²) in [4.78, 5) is 13.9. The smallest absolute Gasteiger partial charge is 0.308 e. The van der Waals surface area contributed by atoms with Crippen LogP contribution in [0.1, 0.15) is 37.8 Å². The van der Waals surface area contributed by atoms with Gasteiger partial charge in [0.1, 0.15) is 0 Å². The molecule has 1 aliphatic heterocycles. The maximum Gasteiger partial charge on any atom is 0.308 e. The lowest BCUT2D eigenvalue weighted by Crippen LogP contribution is -2.40. The largest absolute Gasteiger partial charge is 0.481 e. The Morgan fingerprint density at radius 1 is 1.35 bits per heavy atom. The minimum atomic E-state index is -0.693. The quantitative estimate of drug-likeness (QED) is 0.893. The molecule has 0 unspecified atom stereocenters. The fraction of sp³-hybridized carbons (Fsp3) is 0.562. The molecule has 0 bridgehead atoms. The maximum absolute atomic E-state index is 11.6. The first kappa shape index (κ1) is 15.5. The Hall–Kier alpha value is -0.870. The second kappa shape index (κ2) is 5.49. The molecule has 1 fully saturated rings. The van der Waals surface area contributed by atoms with Crippen molar-refractivity contribution in [3.05, 3.63) is 33.8 Å². The van der Waals surface area contributed by atoms with Crippen LogP contribution in [0.3, 0.4) is 0 Å². The van der Waals surface area contributed by atoms with Gasteiger partial charge in [0, 0.05) is 29.0 Å². The van der Waals surface area contributed by atoms with Crippen LogP contribution < -0.4 is 0 Å². The van der Waals surface area contributed by atoms with Gasteiger partial charge in [0.2, 0.25) is 0 Å². The fourth-order valence-electron chi connectivity index (χ4n) is 2.94. The summed E-state index contributed by atoms with van der Waals surface area (Å²) >= 11 is 3.54. The van der Waals surface area contributed by atoms with Gasteiger partial charge in [-0.1, -0.05) is 28.1 Å². The highest BCUT2D eigenvalue weighted by molar-refractivity contribution is 9.10. The highest BCUT2D eigenvalue weighted by Crippen LogP contribution is 2.38. The summed E-state index contributed by atoms with van der Waals surface area (Å²) in [7, 11) is 0. The third-order valence-corrected chi connectivity index (χ3v) is 5.15. The molecule has 1 aromatic carbocycles. The van der Waals surface area contributed by atoms with Crippen molar-refractivity contribution in [2.75, 3.05) is 13.1 Å². The molecule has 2 rings (SSSR count). The topological polar surface area (TPSA) is 40.5 Å². The summed E-state index contributed by atoms with van der Waals surface area (Å²) in [6, 6.07) is 6.06. The van der Waals surface area contributed by atoms with Crippen LogP contribution in [0.2, 0.25) is 0 Å². The molecule has 0 radical (unpaired) electrons. The number of carboxylic acid groups (broad SMARTS) is 1. The Morgan fingerprint density at radius 2 is 2.00 bits per heavy atom. The monoisotopic (exact) mass is 339 g/mol. The lowest BCUT2D eigenvalue weighted by Gasteiger charge is -2.31. The van der Waals surface area contributed by atoms with Gasteiger partial charge in [-0.3, -0.25) is 9.69 Å². The molecule has 0 saturated carbocycles. The van der Waals surface area contributed by atoms with E-state index in [1.165, 1.54) is 0 Å².